The number of pyridine rings is 1. The van der Waals surface area contributed by atoms with Crippen molar-refractivity contribution in [2.24, 2.45) is 0 Å². The van der Waals surface area contributed by atoms with E-state index in [-0.39, 0.29) is 5.95 Å². The molecule has 0 saturated carbocycles. The van der Waals surface area contributed by atoms with E-state index in [0.717, 1.165) is 11.6 Å². The predicted octanol–water partition coefficient (Wildman–Crippen LogP) is 2.57. The van der Waals surface area contributed by atoms with E-state index < -0.39 is 11.6 Å². The number of nitrogens with two attached hydrogens (primary N) is 1. The molecule has 0 saturated heterocycles. The Morgan fingerprint density at radius 2 is 1.79 bits per heavy atom. The van der Waals surface area contributed by atoms with Crippen LogP contribution in [0.4, 0.5) is 14.7 Å². The van der Waals surface area contributed by atoms with Crippen LogP contribution in [0.5, 0.6) is 0 Å². The van der Waals surface area contributed by atoms with Crippen molar-refractivity contribution < 1.29 is 8.78 Å². The van der Waals surface area contributed by atoms with Gasteiger partial charge in [0.25, 0.3) is 0 Å². The largest absolute Gasteiger partial charge is 0.366 e. The molecule has 6 heteroatoms. The molecule has 96 valence electrons. The minimum atomic E-state index is -0.618. The van der Waals surface area contributed by atoms with Crippen molar-refractivity contribution in [2.75, 3.05) is 5.73 Å². The monoisotopic (exact) mass is 260 g/mol. The number of aryl methyl sites for hydroxylation is 1. The maximum absolute atomic E-state index is 13.3. The molecule has 0 atom stereocenters. The lowest BCUT2D eigenvalue weighted by atomic mass is 10.0. The summed E-state index contributed by atoms with van der Waals surface area (Å²) >= 11 is 0. The van der Waals surface area contributed by atoms with Gasteiger partial charge in [0.05, 0.1) is 0 Å². The highest BCUT2D eigenvalue weighted by Gasteiger charge is 2.09. The molecule has 2 N–H and O–H groups in total. The highest BCUT2D eigenvalue weighted by atomic mass is 19.1. The molecule has 1 aromatic carbocycles. The van der Waals surface area contributed by atoms with Crippen LogP contribution >= 0.6 is 0 Å². The second kappa shape index (κ2) is 4.01. The van der Waals surface area contributed by atoms with E-state index in [0.29, 0.717) is 16.8 Å². The third kappa shape index (κ3) is 2.01. The van der Waals surface area contributed by atoms with E-state index in [9.17, 15) is 8.78 Å². The zero-order chi connectivity index (χ0) is 13.6. The topological polar surface area (TPSA) is 56.2 Å². The Morgan fingerprint density at radius 1 is 1.11 bits per heavy atom. The minimum Gasteiger partial charge on any atom is -0.366 e. The number of hydrogen-bond donors (Lipinski definition) is 1. The van der Waals surface area contributed by atoms with Crippen LogP contribution in [0.25, 0.3) is 16.8 Å². The predicted molar refractivity (Wildman–Crippen MR) is 67.5 cm³/mol. The first-order chi connectivity index (χ1) is 9.02. The van der Waals surface area contributed by atoms with E-state index in [1.54, 1.807) is 12.3 Å². The molecule has 0 fully saturated rings. The summed E-state index contributed by atoms with van der Waals surface area (Å²) in [6.45, 7) is 1.84. The summed E-state index contributed by atoms with van der Waals surface area (Å²) in [5.41, 5.74) is 8.07. The van der Waals surface area contributed by atoms with Crippen molar-refractivity contribution in [1.29, 1.82) is 0 Å². The van der Waals surface area contributed by atoms with Gasteiger partial charge < -0.3 is 5.73 Å². The third-order valence-corrected chi connectivity index (χ3v) is 2.87. The number of nitrogens with zero attached hydrogens (tertiary/aromatic N) is 3. The minimum absolute atomic E-state index is 0.155. The summed E-state index contributed by atoms with van der Waals surface area (Å²) in [4.78, 5) is 4.03. The Hall–Kier alpha value is -2.50. The zero-order valence-corrected chi connectivity index (χ0v) is 10.1. The average Bonchev–Trinajstić information content (AvgIpc) is 2.65. The van der Waals surface area contributed by atoms with E-state index in [4.69, 9.17) is 5.73 Å². The SMILES string of the molecule is Cc1cc2nc(N)nn2cc1-c1cc(F)cc(F)c1. The molecule has 0 unspecified atom stereocenters. The lowest BCUT2D eigenvalue weighted by Gasteiger charge is -2.07. The maximum atomic E-state index is 13.3. The molecule has 0 amide bonds. The smallest absolute Gasteiger partial charge is 0.240 e. The van der Waals surface area contributed by atoms with Gasteiger partial charge in [0.1, 0.15) is 11.6 Å². The summed E-state index contributed by atoms with van der Waals surface area (Å²) in [6, 6.07) is 5.15. The lowest BCUT2D eigenvalue weighted by Crippen LogP contribution is -1.94. The molecule has 0 aliphatic rings. The number of fused-ring (bicyclic) bond motifs is 1. The number of rotatable bonds is 1. The molecular weight excluding hydrogens is 250 g/mol. The van der Waals surface area contributed by atoms with Gasteiger partial charge in [0.15, 0.2) is 5.65 Å². The summed E-state index contributed by atoms with van der Waals surface area (Å²) in [6.07, 6.45) is 1.66. The molecule has 2 aromatic heterocycles. The fraction of sp³-hybridized carbons (Fsp3) is 0.0769. The quantitative estimate of drug-likeness (QED) is 0.731. The van der Waals surface area contributed by atoms with Crippen LogP contribution in [0.3, 0.4) is 0 Å². The molecule has 2 heterocycles. The molecule has 19 heavy (non-hydrogen) atoms. The van der Waals surface area contributed by atoms with Crippen LogP contribution in [0.2, 0.25) is 0 Å². The molecule has 4 nitrogen and oxygen atoms in total. The number of nitrogen functional groups attached to an aromatic ring is 1. The normalized spacial score (nSPS) is 11.1. The summed E-state index contributed by atoms with van der Waals surface area (Å²) in [5, 5.41) is 3.98. The number of aromatic nitrogens is 3. The molecule has 0 aliphatic carbocycles. The van der Waals surface area contributed by atoms with Gasteiger partial charge in [-0.3, -0.25) is 0 Å². The van der Waals surface area contributed by atoms with Crippen molar-refractivity contribution in [3.05, 3.63) is 47.7 Å². The second-order valence-electron chi connectivity index (χ2n) is 4.30. The summed E-state index contributed by atoms with van der Waals surface area (Å²) in [7, 11) is 0. The first-order valence-corrected chi connectivity index (χ1v) is 5.62. The van der Waals surface area contributed by atoms with Crippen LogP contribution in [-0.4, -0.2) is 14.6 Å². The number of hydrogen-bond acceptors (Lipinski definition) is 3. The van der Waals surface area contributed by atoms with Gasteiger partial charge in [-0.15, -0.1) is 5.10 Å². The summed E-state index contributed by atoms with van der Waals surface area (Å²) < 4.78 is 28.0. The Bertz CT molecular complexity index is 759. The first kappa shape index (κ1) is 11.6. The Kier molecular flexibility index (Phi) is 2.45. The van der Waals surface area contributed by atoms with Gasteiger partial charge >= 0.3 is 0 Å². The fourth-order valence-electron chi connectivity index (χ4n) is 2.05. The van der Waals surface area contributed by atoms with E-state index >= 15 is 0 Å². The maximum Gasteiger partial charge on any atom is 0.240 e. The fourth-order valence-corrected chi connectivity index (χ4v) is 2.05. The van der Waals surface area contributed by atoms with Crippen molar-refractivity contribution in [1.82, 2.24) is 14.6 Å². The van der Waals surface area contributed by atoms with Crippen LogP contribution in [0, 0.1) is 18.6 Å². The van der Waals surface area contributed by atoms with Crippen molar-refractivity contribution in [2.45, 2.75) is 6.92 Å². The van der Waals surface area contributed by atoms with Crippen LogP contribution < -0.4 is 5.73 Å². The van der Waals surface area contributed by atoms with Gasteiger partial charge in [-0.25, -0.2) is 13.3 Å². The van der Waals surface area contributed by atoms with E-state index in [1.165, 1.54) is 16.6 Å². The molecule has 0 radical (unpaired) electrons. The van der Waals surface area contributed by atoms with Gasteiger partial charge in [0, 0.05) is 17.8 Å². The molecule has 0 spiro atoms. The Morgan fingerprint density at radius 3 is 2.47 bits per heavy atom. The number of benzene rings is 1. The van der Waals surface area contributed by atoms with Crippen LogP contribution in [-0.2, 0) is 0 Å². The second-order valence-corrected chi connectivity index (χ2v) is 4.30. The Balaban J connectivity index is 2.26. The molecule has 3 rings (SSSR count). The first-order valence-electron chi connectivity index (χ1n) is 5.62. The van der Waals surface area contributed by atoms with Crippen molar-refractivity contribution in [3.63, 3.8) is 0 Å². The number of halogens is 2. The lowest BCUT2D eigenvalue weighted by molar-refractivity contribution is 0.584. The zero-order valence-electron chi connectivity index (χ0n) is 10.1. The van der Waals surface area contributed by atoms with Gasteiger partial charge in [-0.05, 0) is 36.2 Å². The Labute approximate surface area is 107 Å². The van der Waals surface area contributed by atoms with Crippen LogP contribution in [0.15, 0.2) is 30.5 Å². The van der Waals surface area contributed by atoms with Gasteiger partial charge in [-0.2, -0.15) is 4.98 Å². The van der Waals surface area contributed by atoms with E-state index in [2.05, 4.69) is 10.1 Å². The number of anilines is 1. The van der Waals surface area contributed by atoms with E-state index in [1.807, 2.05) is 6.92 Å². The highest BCUT2D eigenvalue weighted by molar-refractivity contribution is 5.68. The molecule has 0 aliphatic heterocycles. The summed E-state index contributed by atoms with van der Waals surface area (Å²) in [5.74, 6) is -1.08. The van der Waals surface area contributed by atoms with Crippen LogP contribution in [0.1, 0.15) is 5.56 Å². The standard InChI is InChI=1S/C13H10F2N4/c1-7-2-12-17-13(16)18-19(12)6-11(7)8-3-9(14)5-10(15)4-8/h2-6H,1H3,(H2,16,18). The van der Waals surface area contributed by atoms with Crippen molar-refractivity contribution in [3.8, 4) is 11.1 Å². The van der Waals surface area contributed by atoms with Gasteiger partial charge in [-0.1, -0.05) is 0 Å². The van der Waals surface area contributed by atoms with Gasteiger partial charge in [0.2, 0.25) is 5.95 Å². The van der Waals surface area contributed by atoms with Crippen molar-refractivity contribution >= 4 is 11.6 Å². The average molecular weight is 260 g/mol. The highest BCUT2D eigenvalue weighted by Crippen LogP contribution is 2.25. The third-order valence-electron chi connectivity index (χ3n) is 2.87. The molecular formula is C13H10F2N4. The molecule has 0 bridgehead atoms. The molecule has 3 aromatic rings.